The van der Waals surface area contributed by atoms with Gasteiger partial charge in [0, 0.05) is 18.6 Å². The molecule has 16 heavy (non-hydrogen) atoms. The fourth-order valence-corrected chi connectivity index (χ4v) is 3.43. The van der Waals surface area contributed by atoms with Crippen molar-refractivity contribution < 1.29 is 0 Å². The first-order valence-electron chi connectivity index (χ1n) is 7.18. The fourth-order valence-electron chi connectivity index (χ4n) is 3.43. The number of likely N-dealkylation sites (tertiary alicyclic amines) is 1. The summed E-state index contributed by atoms with van der Waals surface area (Å²) in [6.07, 6.45) is 8.10. The average Bonchev–Trinajstić information content (AvgIpc) is 2.63. The van der Waals surface area contributed by atoms with Crippen molar-refractivity contribution in [2.75, 3.05) is 13.1 Å². The van der Waals surface area contributed by atoms with E-state index >= 15 is 0 Å². The molecule has 0 radical (unpaired) electrons. The predicted molar refractivity (Wildman–Crippen MR) is 69.4 cm³/mol. The van der Waals surface area contributed by atoms with Gasteiger partial charge in [-0.25, -0.2) is 0 Å². The standard InChI is InChI=1S/C14H28N2/c1-11(2)12-8-9-16(10-12)14-7-5-3-4-6-13(14)15/h11-14H,3-10,15H2,1-2H3. The van der Waals surface area contributed by atoms with E-state index in [1.807, 2.05) is 0 Å². The Balaban J connectivity index is 1.91. The summed E-state index contributed by atoms with van der Waals surface area (Å²) < 4.78 is 0. The number of nitrogens with two attached hydrogens (primary N) is 1. The van der Waals surface area contributed by atoms with E-state index in [4.69, 9.17) is 5.73 Å². The molecule has 94 valence electrons. The molecule has 1 heterocycles. The average molecular weight is 224 g/mol. The van der Waals surface area contributed by atoms with Crippen LogP contribution in [0, 0.1) is 11.8 Å². The van der Waals surface area contributed by atoms with Crippen molar-refractivity contribution in [2.45, 2.75) is 64.5 Å². The van der Waals surface area contributed by atoms with Crippen molar-refractivity contribution in [1.82, 2.24) is 4.90 Å². The van der Waals surface area contributed by atoms with Crippen LogP contribution in [-0.2, 0) is 0 Å². The van der Waals surface area contributed by atoms with Gasteiger partial charge in [-0.05, 0) is 37.6 Å². The van der Waals surface area contributed by atoms with Gasteiger partial charge < -0.3 is 5.73 Å². The smallest absolute Gasteiger partial charge is 0.0247 e. The van der Waals surface area contributed by atoms with E-state index in [9.17, 15) is 0 Å². The van der Waals surface area contributed by atoms with Gasteiger partial charge in [0.05, 0.1) is 0 Å². The Morgan fingerprint density at radius 2 is 1.81 bits per heavy atom. The lowest BCUT2D eigenvalue weighted by molar-refractivity contribution is 0.188. The third kappa shape index (κ3) is 2.78. The minimum absolute atomic E-state index is 0.438. The minimum Gasteiger partial charge on any atom is -0.326 e. The zero-order valence-electron chi connectivity index (χ0n) is 11.0. The molecule has 2 fully saturated rings. The van der Waals surface area contributed by atoms with E-state index in [-0.39, 0.29) is 0 Å². The van der Waals surface area contributed by atoms with E-state index in [0.717, 1.165) is 11.8 Å². The summed E-state index contributed by atoms with van der Waals surface area (Å²) in [5.74, 6) is 1.75. The number of nitrogens with zero attached hydrogens (tertiary/aromatic N) is 1. The van der Waals surface area contributed by atoms with Gasteiger partial charge in [-0.15, -0.1) is 0 Å². The fraction of sp³-hybridized carbons (Fsp3) is 1.00. The SMILES string of the molecule is CC(C)C1CCN(C2CCCCCC2N)C1. The molecule has 2 aliphatic rings. The first kappa shape index (κ1) is 12.4. The van der Waals surface area contributed by atoms with Gasteiger partial charge in [-0.2, -0.15) is 0 Å². The molecule has 3 unspecified atom stereocenters. The van der Waals surface area contributed by atoms with E-state index in [0.29, 0.717) is 12.1 Å². The molecule has 2 nitrogen and oxygen atoms in total. The molecule has 2 heteroatoms. The maximum Gasteiger partial charge on any atom is 0.0247 e. The van der Waals surface area contributed by atoms with Crippen molar-refractivity contribution in [3.63, 3.8) is 0 Å². The summed E-state index contributed by atoms with van der Waals surface area (Å²) in [6, 6.07) is 1.12. The quantitative estimate of drug-likeness (QED) is 0.731. The van der Waals surface area contributed by atoms with Gasteiger partial charge in [-0.1, -0.05) is 33.1 Å². The third-order valence-electron chi connectivity index (χ3n) is 4.70. The van der Waals surface area contributed by atoms with E-state index < -0.39 is 0 Å². The van der Waals surface area contributed by atoms with Crippen LogP contribution in [0.1, 0.15) is 52.4 Å². The van der Waals surface area contributed by atoms with Gasteiger partial charge >= 0.3 is 0 Å². The van der Waals surface area contributed by atoms with E-state index in [1.165, 1.54) is 51.6 Å². The first-order chi connectivity index (χ1) is 7.68. The predicted octanol–water partition coefficient (Wildman–Crippen LogP) is 2.62. The molecule has 2 rings (SSSR count). The Labute approximate surface area is 101 Å². The Morgan fingerprint density at radius 3 is 2.50 bits per heavy atom. The molecule has 1 aliphatic carbocycles. The molecule has 2 N–H and O–H groups in total. The maximum atomic E-state index is 6.34. The highest BCUT2D eigenvalue weighted by atomic mass is 15.2. The summed E-state index contributed by atoms with van der Waals surface area (Å²) in [5, 5.41) is 0. The van der Waals surface area contributed by atoms with Crippen LogP contribution < -0.4 is 5.73 Å². The number of rotatable bonds is 2. The van der Waals surface area contributed by atoms with Crippen LogP contribution in [0.4, 0.5) is 0 Å². The molecule has 1 aliphatic heterocycles. The largest absolute Gasteiger partial charge is 0.326 e. The molecular weight excluding hydrogens is 196 g/mol. The molecular formula is C14H28N2. The van der Waals surface area contributed by atoms with Crippen molar-refractivity contribution in [3.05, 3.63) is 0 Å². The molecule has 1 saturated heterocycles. The highest BCUT2D eigenvalue weighted by Crippen LogP contribution is 2.29. The van der Waals surface area contributed by atoms with Gasteiger partial charge in [0.1, 0.15) is 0 Å². The van der Waals surface area contributed by atoms with Crippen molar-refractivity contribution in [3.8, 4) is 0 Å². The molecule has 0 bridgehead atoms. The van der Waals surface area contributed by atoms with Crippen LogP contribution in [0.25, 0.3) is 0 Å². The Morgan fingerprint density at radius 1 is 1.06 bits per heavy atom. The second-order valence-corrected chi connectivity index (χ2v) is 6.16. The highest BCUT2D eigenvalue weighted by molar-refractivity contribution is 4.89. The maximum absolute atomic E-state index is 6.34. The van der Waals surface area contributed by atoms with Crippen LogP contribution in [0.15, 0.2) is 0 Å². The van der Waals surface area contributed by atoms with Crippen LogP contribution >= 0.6 is 0 Å². The van der Waals surface area contributed by atoms with Crippen LogP contribution in [-0.4, -0.2) is 30.1 Å². The summed E-state index contributed by atoms with van der Waals surface area (Å²) in [5.41, 5.74) is 6.34. The third-order valence-corrected chi connectivity index (χ3v) is 4.70. The summed E-state index contributed by atoms with van der Waals surface area (Å²) >= 11 is 0. The second kappa shape index (κ2) is 5.50. The van der Waals surface area contributed by atoms with Crippen molar-refractivity contribution in [2.24, 2.45) is 17.6 Å². The number of hydrogen-bond acceptors (Lipinski definition) is 2. The zero-order chi connectivity index (χ0) is 11.5. The lowest BCUT2D eigenvalue weighted by Crippen LogP contribution is -2.46. The van der Waals surface area contributed by atoms with Gasteiger partial charge in [0.25, 0.3) is 0 Å². The van der Waals surface area contributed by atoms with Crippen LogP contribution in [0.3, 0.4) is 0 Å². The lowest BCUT2D eigenvalue weighted by atomic mass is 9.95. The highest BCUT2D eigenvalue weighted by Gasteiger charge is 2.32. The summed E-state index contributed by atoms with van der Waals surface area (Å²) in [7, 11) is 0. The molecule has 0 aromatic carbocycles. The molecule has 0 aromatic rings. The normalized spacial score (nSPS) is 37.9. The molecule has 0 spiro atoms. The van der Waals surface area contributed by atoms with E-state index in [1.54, 1.807) is 0 Å². The molecule has 1 saturated carbocycles. The van der Waals surface area contributed by atoms with Gasteiger partial charge in [0.2, 0.25) is 0 Å². The minimum atomic E-state index is 0.438. The topological polar surface area (TPSA) is 29.3 Å². The lowest BCUT2D eigenvalue weighted by Gasteiger charge is -2.31. The molecule has 0 amide bonds. The van der Waals surface area contributed by atoms with Crippen LogP contribution in [0.2, 0.25) is 0 Å². The molecule has 0 aromatic heterocycles. The number of hydrogen-bond donors (Lipinski definition) is 1. The molecule has 3 atom stereocenters. The second-order valence-electron chi connectivity index (χ2n) is 6.16. The zero-order valence-corrected chi connectivity index (χ0v) is 11.0. The summed E-state index contributed by atoms with van der Waals surface area (Å²) in [6.45, 7) is 7.32. The Hall–Kier alpha value is -0.0800. The monoisotopic (exact) mass is 224 g/mol. The van der Waals surface area contributed by atoms with E-state index in [2.05, 4.69) is 18.7 Å². The van der Waals surface area contributed by atoms with Crippen molar-refractivity contribution in [1.29, 1.82) is 0 Å². The Kier molecular flexibility index (Phi) is 4.26. The Bertz CT molecular complexity index is 215. The van der Waals surface area contributed by atoms with Crippen LogP contribution in [0.5, 0.6) is 0 Å². The van der Waals surface area contributed by atoms with Crippen molar-refractivity contribution >= 4 is 0 Å². The van der Waals surface area contributed by atoms with Gasteiger partial charge in [0.15, 0.2) is 0 Å². The van der Waals surface area contributed by atoms with Gasteiger partial charge in [-0.3, -0.25) is 4.90 Å². The first-order valence-corrected chi connectivity index (χ1v) is 7.18. The summed E-state index contributed by atoms with van der Waals surface area (Å²) in [4.78, 5) is 2.70.